The van der Waals surface area contributed by atoms with E-state index in [9.17, 15) is 4.79 Å². The minimum Gasteiger partial charge on any atom is -0.484 e. The SMILES string of the molecule is Cc1ccc(Oc2ccc(NC(=O)COc3ccc(I)cc3)cc2)cc1. The molecule has 0 atom stereocenters. The van der Waals surface area contributed by atoms with Crippen LogP contribution in [0.15, 0.2) is 72.8 Å². The molecule has 1 N–H and O–H groups in total. The smallest absolute Gasteiger partial charge is 0.262 e. The predicted molar refractivity (Wildman–Crippen MR) is 111 cm³/mol. The van der Waals surface area contributed by atoms with Crippen LogP contribution in [0.2, 0.25) is 0 Å². The van der Waals surface area contributed by atoms with Crippen molar-refractivity contribution in [3.05, 3.63) is 81.9 Å². The van der Waals surface area contributed by atoms with E-state index in [1.54, 1.807) is 12.1 Å². The normalized spacial score (nSPS) is 10.2. The van der Waals surface area contributed by atoms with Crippen LogP contribution in [0.25, 0.3) is 0 Å². The van der Waals surface area contributed by atoms with Crippen LogP contribution in [0, 0.1) is 10.5 Å². The highest BCUT2D eigenvalue weighted by Crippen LogP contribution is 2.23. The summed E-state index contributed by atoms with van der Waals surface area (Å²) in [4.78, 5) is 12.0. The Labute approximate surface area is 166 Å². The number of benzene rings is 3. The molecule has 0 bridgehead atoms. The van der Waals surface area contributed by atoms with E-state index in [4.69, 9.17) is 9.47 Å². The van der Waals surface area contributed by atoms with Crippen LogP contribution in [0.4, 0.5) is 5.69 Å². The van der Waals surface area contributed by atoms with Crippen LogP contribution in [0.3, 0.4) is 0 Å². The molecule has 0 unspecified atom stereocenters. The number of aryl methyl sites for hydroxylation is 1. The van der Waals surface area contributed by atoms with Gasteiger partial charge in [0.05, 0.1) is 0 Å². The maximum absolute atomic E-state index is 12.0. The van der Waals surface area contributed by atoms with Gasteiger partial charge >= 0.3 is 0 Å². The summed E-state index contributed by atoms with van der Waals surface area (Å²) in [5.74, 6) is 1.94. The Morgan fingerprint density at radius 1 is 0.846 bits per heavy atom. The van der Waals surface area contributed by atoms with E-state index in [1.807, 2.05) is 67.6 Å². The molecular formula is C21H18INO3. The lowest BCUT2D eigenvalue weighted by atomic mass is 10.2. The van der Waals surface area contributed by atoms with Crippen molar-refractivity contribution in [2.75, 3.05) is 11.9 Å². The number of ether oxygens (including phenoxy) is 2. The van der Waals surface area contributed by atoms with Gasteiger partial charge in [0, 0.05) is 9.26 Å². The van der Waals surface area contributed by atoms with Gasteiger partial charge in [-0.3, -0.25) is 4.79 Å². The Morgan fingerprint density at radius 2 is 1.38 bits per heavy atom. The van der Waals surface area contributed by atoms with Crippen molar-refractivity contribution in [1.29, 1.82) is 0 Å². The highest BCUT2D eigenvalue weighted by molar-refractivity contribution is 14.1. The fourth-order valence-corrected chi connectivity index (χ4v) is 2.59. The summed E-state index contributed by atoms with van der Waals surface area (Å²) in [6.45, 7) is 1.99. The molecule has 132 valence electrons. The molecule has 3 aromatic carbocycles. The fourth-order valence-electron chi connectivity index (χ4n) is 2.23. The molecule has 0 aliphatic carbocycles. The molecular weight excluding hydrogens is 441 g/mol. The van der Waals surface area contributed by atoms with E-state index < -0.39 is 0 Å². The third kappa shape index (κ3) is 5.49. The zero-order chi connectivity index (χ0) is 18.4. The number of hydrogen-bond donors (Lipinski definition) is 1. The summed E-state index contributed by atoms with van der Waals surface area (Å²) in [7, 11) is 0. The molecule has 0 heterocycles. The number of anilines is 1. The van der Waals surface area contributed by atoms with Gasteiger partial charge in [-0.05, 0) is 90.2 Å². The summed E-state index contributed by atoms with van der Waals surface area (Å²) < 4.78 is 12.4. The first-order chi connectivity index (χ1) is 12.6. The van der Waals surface area contributed by atoms with Gasteiger partial charge in [0.25, 0.3) is 5.91 Å². The second-order valence-electron chi connectivity index (χ2n) is 5.73. The van der Waals surface area contributed by atoms with Crippen molar-refractivity contribution in [2.45, 2.75) is 6.92 Å². The van der Waals surface area contributed by atoms with Gasteiger partial charge in [-0.15, -0.1) is 0 Å². The topological polar surface area (TPSA) is 47.6 Å². The van der Waals surface area contributed by atoms with Crippen LogP contribution in [-0.2, 0) is 4.79 Å². The molecule has 0 fully saturated rings. The third-order valence-corrected chi connectivity index (χ3v) is 4.30. The van der Waals surface area contributed by atoms with Gasteiger partial charge in [-0.2, -0.15) is 0 Å². The molecule has 0 radical (unpaired) electrons. The molecule has 0 saturated heterocycles. The van der Waals surface area contributed by atoms with Crippen molar-refractivity contribution in [3.63, 3.8) is 0 Å². The van der Waals surface area contributed by atoms with Crippen molar-refractivity contribution in [1.82, 2.24) is 0 Å². The number of halogens is 1. The van der Waals surface area contributed by atoms with Gasteiger partial charge in [0.1, 0.15) is 17.2 Å². The van der Waals surface area contributed by atoms with Crippen LogP contribution in [0.1, 0.15) is 5.56 Å². The quantitative estimate of drug-likeness (QED) is 0.502. The van der Waals surface area contributed by atoms with Gasteiger partial charge in [-0.1, -0.05) is 17.7 Å². The Kier molecular flexibility index (Phi) is 6.12. The predicted octanol–water partition coefficient (Wildman–Crippen LogP) is 5.41. The molecule has 5 heteroatoms. The van der Waals surface area contributed by atoms with Crippen LogP contribution < -0.4 is 14.8 Å². The number of carbonyl (C=O) groups excluding carboxylic acids is 1. The molecule has 0 aromatic heterocycles. The summed E-state index contributed by atoms with van der Waals surface area (Å²) in [6.07, 6.45) is 0. The zero-order valence-electron chi connectivity index (χ0n) is 14.2. The lowest BCUT2D eigenvalue weighted by molar-refractivity contribution is -0.118. The van der Waals surface area contributed by atoms with Crippen LogP contribution in [-0.4, -0.2) is 12.5 Å². The second-order valence-corrected chi connectivity index (χ2v) is 6.98. The molecule has 1 amide bonds. The first-order valence-corrected chi connectivity index (χ1v) is 9.19. The van der Waals surface area contributed by atoms with Gasteiger partial charge in [0.15, 0.2) is 6.61 Å². The van der Waals surface area contributed by atoms with E-state index >= 15 is 0 Å². The second kappa shape index (κ2) is 8.71. The van der Waals surface area contributed by atoms with Gasteiger partial charge in [0.2, 0.25) is 0 Å². The Balaban J connectivity index is 1.50. The first kappa shape index (κ1) is 18.3. The molecule has 4 nitrogen and oxygen atoms in total. The Bertz CT molecular complexity index is 859. The largest absolute Gasteiger partial charge is 0.484 e. The van der Waals surface area contributed by atoms with Crippen LogP contribution in [0.5, 0.6) is 17.2 Å². The minimum absolute atomic E-state index is 0.0395. The average molecular weight is 459 g/mol. The highest BCUT2D eigenvalue weighted by Gasteiger charge is 2.05. The maximum atomic E-state index is 12.0. The Morgan fingerprint density at radius 3 is 2.00 bits per heavy atom. The molecule has 0 aliphatic heterocycles. The van der Waals surface area contributed by atoms with Crippen LogP contribution >= 0.6 is 22.6 Å². The average Bonchev–Trinajstić information content (AvgIpc) is 2.65. The fraction of sp³-hybridized carbons (Fsp3) is 0.0952. The highest BCUT2D eigenvalue weighted by atomic mass is 127. The Hall–Kier alpha value is -2.54. The third-order valence-electron chi connectivity index (χ3n) is 3.58. The van der Waals surface area contributed by atoms with E-state index in [0.717, 1.165) is 9.32 Å². The van der Waals surface area contributed by atoms with Gasteiger partial charge < -0.3 is 14.8 Å². The van der Waals surface area contributed by atoms with Crippen molar-refractivity contribution < 1.29 is 14.3 Å². The van der Waals surface area contributed by atoms with Crippen molar-refractivity contribution >= 4 is 34.2 Å². The first-order valence-electron chi connectivity index (χ1n) is 8.11. The van der Waals surface area contributed by atoms with Crippen molar-refractivity contribution in [2.24, 2.45) is 0 Å². The van der Waals surface area contributed by atoms with E-state index in [1.165, 1.54) is 5.56 Å². The van der Waals surface area contributed by atoms with Gasteiger partial charge in [-0.25, -0.2) is 0 Å². The molecule has 3 aromatic rings. The standard InChI is InChI=1S/C21H18INO3/c1-15-2-8-19(9-3-15)26-20-12-6-17(7-13-20)23-21(24)14-25-18-10-4-16(22)5-11-18/h2-13H,14H2,1H3,(H,23,24). The summed E-state index contributed by atoms with van der Waals surface area (Å²) in [5.41, 5.74) is 1.88. The number of carbonyl (C=O) groups is 1. The lowest BCUT2D eigenvalue weighted by Crippen LogP contribution is -2.20. The minimum atomic E-state index is -0.212. The van der Waals surface area contributed by atoms with E-state index in [-0.39, 0.29) is 12.5 Å². The molecule has 0 spiro atoms. The van der Waals surface area contributed by atoms with E-state index in [0.29, 0.717) is 17.2 Å². The summed E-state index contributed by atoms with van der Waals surface area (Å²) >= 11 is 2.22. The molecule has 0 saturated carbocycles. The summed E-state index contributed by atoms with van der Waals surface area (Å²) in [6, 6.07) is 22.6. The molecule has 3 rings (SSSR count). The number of rotatable bonds is 6. The summed E-state index contributed by atoms with van der Waals surface area (Å²) in [5, 5.41) is 2.80. The molecule has 26 heavy (non-hydrogen) atoms. The van der Waals surface area contributed by atoms with Crippen molar-refractivity contribution in [3.8, 4) is 17.2 Å². The monoisotopic (exact) mass is 459 g/mol. The number of hydrogen-bond acceptors (Lipinski definition) is 3. The zero-order valence-corrected chi connectivity index (χ0v) is 16.4. The number of nitrogens with one attached hydrogen (secondary N) is 1. The maximum Gasteiger partial charge on any atom is 0.262 e. The van der Waals surface area contributed by atoms with E-state index in [2.05, 4.69) is 27.9 Å². The number of amides is 1. The molecule has 0 aliphatic rings. The lowest BCUT2D eigenvalue weighted by Gasteiger charge is -2.09.